The van der Waals surface area contributed by atoms with Crippen LogP contribution in [0.15, 0.2) is 28.7 Å². The molecule has 1 N–H and O–H groups in total. The summed E-state index contributed by atoms with van der Waals surface area (Å²) in [7, 11) is 0. The molecule has 0 radical (unpaired) electrons. The van der Waals surface area contributed by atoms with Gasteiger partial charge in [-0.05, 0) is 63.3 Å². The lowest BCUT2D eigenvalue weighted by Gasteiger charge is -2.29. The van der Waals surface area contributed by atoms with E-state index in [0.717, 1.165) is 48.7 Å². The van der Waals surface area contributed by atoms with Gasteiger partial charge >= 0.3 is 0 Å². The summed E-state index contributed by atoms with van der Waals surface area (Å²) < 4.78 is 30.9. The van der Waals surface area contributed by atoms with Crippen LogP contribution in [0.5, 0.6) is 0 Å². The van der Waals surface area contributed by atoms with Crippen molar-refractivity contribution in [3.8, 4) is 11.5 Å². The summed E-state index contributed by atoms with van der Waals surface area (Å²) in [5, 5.41) is 1.65. The maximum atomic E-state index is 13.1. The second-order valence-corrected chi connectivity index (χ2v) is 8.97. The van der Waals surface area contributed by atoms with Crippen LogP contribution in [0.3, 0.4) is 0 Å². The van der Waals surface area contributed by atoms with Gasteiger partial charge in [-0.2, -0.15) is 0 Å². The van der Waals surface area contributed by atoms with E-state index in [-0.39, 0.29) is 34.4 Å². The SMILES string of the molecule is Cc1oc(-c2ccc(F)cc2)nc1CO[C@H]1CCC[C@@H](OCCC2SC(=O)NC2=O)C1. The van der Waals surface area contributed by atoms with E-state index in [1.165, 1.54) is 12.1 Å². The zero-order valence-electron chi connectivity index (χ0n) is 17.3. The van der Waals surface area contributed by atoms with Crippen molar-refractivity contribution in [1.82, 2.24) is 10.3 Å². The summed E-state index contributed by atoms with van der Waals surface area (Å²) in [6.07, 6.45) is 4.37. The van der Waals surface area contributed by atoms with Crippen LogP contribution in [0.25, 0.3) is 11.5 Å². The minimum atomic E-state index is -0.353. The van der Waals surface area contributed by atoms with E-state index in [0.29, 0.717) is 31.3 Å². The molecule has 9 heteroatoms. The molecule has 1 aliphatic carbocycles. The zero-order valence-corrected chi connectivity index (χ0v) is 18.1. The predicted molar refractivity (Wildman–Crippen MR) is 113 cm³/mol. The van der Waals surface area contributed by atoms with Gasteiger partial charge in [-0.25, -0.2) is 9.37 Å². The highest BCUT2D eigenvalue weighted by Crippen LogP contribution is 2.28. The van der Waals surface area contributed by atoms with Gasteiger partial charge in [-0.1, -0.05) is 11.8 Å². The highest BCUT2D eigenvalue weighted by molar-refractivity contribution is 8.15. The van der Waals surface area contributed by atoms with Crippen LogP contribution in [0.4, 0.5) is 9.18 Å². The Balaban J connectivity index is 1.24. The monoisotopic (exact) mass is 448 g/mol. The lowest BCUT2D eigenvalue weighted by atomic mass is 9.95. The number of carbonyl (C=O) groups excluding carboxylic acids is 2. The van der Waals surface area contributed by atoms with Crippen LogP contribution in [0, 0.1) is 12.7 Å². The van der Waals surface area contributed by atoms with Gasteiger partial charge in [0.1, 0.15) is 17.3 Å². The van der Waals surface area contributed by atoms with E-state index in [1.807, 2.05) is 6.92 Å². The van der Waals surface area contributed by atoms with Crippen LogP contribution in [0.1, 0.15) is 43.6 Å². The van der Waals surface area contributed by atoms with Crippen molar-refractivity contribution >= 4 is 22.9 Å². The van der Waals surface area contributed by atoms with Crippen molar-refractivity contribution in [2.45, 2.75) is 63.1 Å². The van der Waals surface area contributed by atoms with Crippen molar-refractivity contribution in [1.29, 1.82) is 0 Å². The van der Waals surface area contributed by atoms with Gasteiger partial charge in [0.15, 0.2) is 0 Å². The number of thioether (sulfide) groups is 1. The summed E-state index contributed by atoms with van der Waals surface area (Å²) in [4.78, 5) is 27.3. The van der Waals surface area contributed by atoms with Crippen LogP contribution in [-0.2, 0) is 20.9 Å². The molecule has 7 nitrogen and oxygen atoms in total. The summed E-state index contributed by atoms with van der Waals surface area (Å²) in [5.74, 6) is 0.605. The van der Waals surface area contributed by atoms with Crippen LogP contribution in [0.2, 0.25) is 0 Å². The molecule has 2 aliphatic rings. The summed E-state index contributed by atoms with van der Waals surface area (Å²) in [5.41, 5.74) is 1.45. The third kappa shape index (κ3) is 5.72. The van der Waals surface area contributed by atoms with E-state index in [2.05, 4.69) is 10.3 Å². The number of ether oxygens (including phenoxy) is 2. The second kappa shape index (κ2) is 9.93. The third-order valence-electron chi connectivity index (χ3n) is 5.52. The summed E-state index contributed by atoms with van der Waals surface area (Å²) in [6.45, 7) is 2.63. The fourth-order valence-corrected chi connectivity index (χ4v) is 4.60. The van der Waals surface area contributed by atoms with Gasteiger partial charge in [-0.3, -0.25) is 14.9 Å². The summed E-state index contributed by atoms with van der Waals surface area (Å²) >= 11 is 1.03. The van der Waals surface area contributed by atoms with Gasteiger partial charge in [-0.15, -0.1) is 0 Å². The number of halogens is 1. The first-order valence-electron chi connectivity index (χ1n) is 10.4. The number of nitrogens with one attached hydrogen (secondary N) is 1. The first-order valence-corrected chi connectivity index (χ1v) is 11.3. The Morgan fingerprint density at radius 1 is 1.19 bits per heavy atom. The first kappa shape index (κ1) is 22.0. The third-order valence-corrected chi connectivity index (χ3v) is 6.57. The summed E-state index contributed by atoms with van der Waals surface area (Å²) in [6, 6.07) is 6.03. The van der Waals surface area contributed by atoms with Crippen LogP contribution in [-0.4, -0.2) is 40.2 Å². The number of nitrogens with zero attached hydrogens (tertiary/aromatic N) is 1. The number of imide groups is 1. The Morgan fingerprint density at radius 2 is 1.94 bits per heavy atom. The Bertz CT molecular complexity index is 932. The number of benzene rings is 1. The molecule has 3 atom stereocenters. The number of aryl methyl sites for hydroxylation is 1. The van der Waals surface area contributed by atoms with Gasteiger partial charge in [0.2, 0.25) is 11.8 Å². The molecule has 2 heterocycles. The average Bonchev–Trinajstić information content (AvgIpc) is 3.28. The molecule has 0 bridgehead atoms. The smallest absolute Gasteiger partial charge is 0.286 e. The molecule has 1 aromatic heterocycles. The second-order valence-electron chi connectivity index (χ2n) is 7.79. The molecule has 2 aromatic rings. The van der Waals surface area contributed by atoms with E-state index in [4.69, 9.17) is 13.9 Å². The molecule has 0 spiro atoms. The molecule has 1 aromatic carbocycles. The van der Waals surface area contributed by atoms with Gasteiger partial charge < -0.3 is 13.9 Å². The van der Waals surface area contributed by atoms with Crippen molar-refractivity contribution in [2.24, 2.45) is 0 Å². The number of hydrogen-bond donors (Lipinski definition) is 1. The molecule has 166 valence electrons. The molecule has 4 rings (SSSR count). The van der Waals surface area contributed by atoms with Crippen LogP contribution >= 0.6 is 11.8 Å². The predicted octanol–water partition coefficient (Wildman–Crippen LogP) is 4.38. The number of carbonyl (C=O) groups is 2. The van der Waals surface area contributed by atoms with E-state index in [9.17, 15) is 14.0 Å². The van der Waals surface area contributed by atoms with E-state index < -0.39 is 0 Å². The van der Waals surface area contributed by atoms with Crippen molar-refractivity contribution in [2.75, 3.05) is 6.61 Å². The molecule has 1 saturated carbocycles. The lowest BCUT2D eigenvalue weighted by molar-refractivity contribution is -0.119. The molecule has 1 saturated heterocycles. The minimum Gasteiger partial charge on any atom is -0.441 e. The average molecular weight is 449 g/mol. The Labute approximate surface area is 184 Å². The normalized spacial score (nSPS) is 23.9. The Hall–Kier alpha value is -2.23. The fraction of sp³-hybridized carbons (Fsp3) is 0.500. The van der Waals surface area contributed by atoms with Crippen molar-refractivity contribution in [3.63, 3.8) is 0 Å². The van der Waals surface area contributed by atoms with Crippen LogP contribution < -0.4 is 5.32 Å². The largest absolute Gasteiger partial charge is 0.441 e. The highest BCUT2D eigenvalue weighted by atomic mass is 32.2. The number of amides is 2. The Morgan fingerprint density at radius 3 is 2.65 bits per heavy atom. The molecular formula is C22H25FN2O5S. The molecular weight excluding hydrogens is 423 g/mol. The highest BCUT2D eigenvalue weighted by Gasteiger charge is 2.31. The minimum absolute atomic E-state index is 0.0647. The molecule has 31 heavy (non-hydrogen) atoms. The topological polar surface area (TPSA) is 90.7 Å². The fourth-order valence-electron chi connectivity index (χ4n) is 3.80. The number of oxazole rings is 1. The van der Waals surface area contributed by atoms with Gasteiger partial charge in [0.25, 0.3) is 5.24 Å². The maximum Gasteiger partial charge on any atom is 0.286 e. The van der Waals surface area contributed by atoms with E-state index >= 15 is 0 Å². The number of rotatable bonds is 8. The van der Waals surface area contributed by atoms with Crippen molar-refractivity contribution in [3.05, 3.63) is 41.5 Å². The van der Waals surface area contributed by atoms with Crippen molar-refractivity contribution < 1.29 is 27.9 Å². The maximum absolute atomic E-state index is 13.1. The van der Waals surface area contributed by atoms with E-state index in [1.54, 1.807) is 12.1 Å². The number of aromatic nitrogens is 1. The Kier molecular flexibility index (Phi) is 7.04. The quantitative estimate of drug-likeness (QED) is 0.641. The standard InChI is InChI=1S/C22H25FN2O5S/c1-13-18(24-21(30-13)14-5-7-15(23)8-6-14)12-29-17-4-2-3-16(11-17)28-10-9-19-20(26)25-22(27)31-19/h5-8,16-17,19H,2-4,9-12H2,1H3,(H,25,26,27)/t16-,17+,19?/m1/s1. The lowest BCUT2D eigenvalue weighted by Crippen LogP contribution is -2.30. The molecule has 1 aliphatic heterocycles. The zero-order chi connectivity index (χ0) is 21.8. The molecule has 1 unspecified atom stereocenters. The van der Waals surface area contributed by atoms with Gasteiger partial charge in [0, 0.05) is 12.2 Å². The van der Waals surface area contributed by atoms with Gasteiger partial charge in [0.05, 0.1) is 24.1 Å². The first-order chi connectivity index (χ1) is 15.0. The number of hydrogen-bond acceptors (Lipinski definition) is 7. The molecule has 2 amide bonds. The molecule has 2 fully saturated rings.